The maximum atomic E-state index is 12.2. The lowest BCUT2D eigenvalue weighted by molar-refractivity contribution is 0.174. The molecule has 0 aliphatic carbocycles. The van der Waals surface area contributed by atoms with Crippen LogP contribution in [0, 0.1) is 0 Å². The Morgan fingerprint density at radius 3 is 2.75 bits per heavy atom. The molecule has 1 aliphatic heterocycles. The summed E-state index contributed by atoms with van der Waals surface area (Å²) in [6, 6.07) is 7.42. The molecule has 0 fully saturated rings. The minimum Gasteiger partial charge on any atom is -0.454 e. The molecule has 0 amide bonds. The zero-order valence-electron chi connectivity index (χ0n) is 10.0. The number of nitrogens with one attached hydrogen (secondary N) is 1. The van der Waals surface area contributed by atoms with Gasteiger partial charge in [0.05, 0.1) is 10.6 Å². The third-order valence-corrected chi connectivity index (χ3v) is 4.22. The molecule has 6 nitrogen and oxygen atoms in total. The Kier molecular flexibility index (Phi) is 3.15. The molecule has 1 N–H and O–H groups in total. The summed E-state index contributed by atoms with van der Waals surface area (Å²) in [5, 5.41) is 0.110. The van der Waals surface area contributed by atoms with Crippen LogP contribution >= 0.6 is 11.6 Å². The van der Waals surface area contributed by atoms with E-state index in [1.807, 2.05) is 0 Å². The second-order valence-electron chi connectivity index (χ2n) is 3.99. The Morgan fingerprint density at radius 2 is 1.95 bits per heavy atom. The van der Waals surface area contributed by atoms with E-state index in [1.54, 1.807) is 18.2 Å². The lowest BCUT2D eigenvalue weighted by Gasteiger charge is -2.08. The maximum Gasteiger partial charge on any atom is 0.262 e. The van der Waals surface area contributed by atoms with E-state index in [-0.39, 0.29) is 16.8 Å². The Balaban J connectivity index is 1.90. The molecule has 104 valence electrons. The first-order chi connectivity index (χ1) is 9.54. The summed E-state index contributed by atoms with van der Waals surface area (Å²) in [7, 11) is -3.72. The quantitative estimate of drug-likeness (QED) is 0.880. The lowest BCUT2D eigenvalue weighted by atomic mass is 10.3. The van der Waals surface area contributed by atoms with Gasteiger partial charge in [-0.2, -0.15) is 0 Å². The summed E-state index contributed by atoms with van der Waals surface area (Å²) < 4.78 is 37.2. The average Bonchev–Trinajstić information content (AvgIpc) is 2.85. The van der Waals surface area contributed by atoms with Gasteiger partial charge in [-0.05, 0) is 24.3 Å². The monoisotopic (exact) mass is 312 g/mol. The van der Waals surface area contributed by atoms with Gasteiger partial charge in [-0.25, -0.2) is 13.4 Å². The highest BCUT2D eigenvalue weighted by Crippen LogP contribution is 2.34. The van der Waals surface area contributed by atoms with Crippen LogP contribution in [0.2, 0.25) is 5.15 Å². The van der Waals surface area contributed by atoms with Gasteiger partial charge >= 0.3 is 0 Å². The normalized spacial score (nSPS) is 13.2. The number of benzene rings is 1. The number of hydrogen-bond donors (Lipinski definition) is 1. The number of ether oxygens (including phenoxy) is 2. The molecule has 0 bridgehead atoms. The van der Waals surface area contributed by atoms with Gasteiger partial charge in [0, 0.05) is 12.3 Å². The number of aromatic nitrogens is 1. The van der Waals surface area contributed by atoms with Gasteiger partial charge in [-0.3, -0.25) is 4.72 Å². The van der Waals surface area contributed by atoms with Crippen molar-refractivity contribution in [3.63, 3.8) is 0 Å². The van der Waals surface area contributed by atoms with Crippen molar-refractivity contribution in [2.75, 3.05) is 11.5 Å². The van der Waals surface area contributed by atoms with Gasteiger partial charge in [0.15, 0.2) is 11.5 Å². The zero-order valence-corrected chi connectivity index (χ0v) is 11.6. The Labute approximate surface area is 120 Å². The van der Waals surface area contributed by atoms with Gasteiger partial charge < -0.3 is 9.47 Å². The summed E-state index contributed by atoms with van der Waals surface area (Å²) in [6.07, 6.45) is 1.33. The van der Waals surface area contributed by atoms with Crippen molar-refractivity contribution in [2.24, 2.45) is 0 Å². The number of sulfonamides is 1. The van der Waals surface area contributed by atoms with Crippen molar-refractivity contribution in [1.82, 2.24) is 4.98 Å². The second-order valence-corrected chi connectivity index (χ2v) is 6.06. The van der Waals surface area contributed by atoms with E-state index in [2.05, 4.69) is 9.71 Å². The molecule has 0 radical (unpaired) electrons. The lowest BCUT2D eigenvalue weighted by Crippen LogP contribution is -2.13. The summed E-state index contributed by atoms with van der Waals surface area (Å²) in [5.74, 6) is 1.08. The van der Waals surface area contributed by atoms with Gasteiger partial charge in [-0.1, -0.05) is 11.6 Å². The molecule has 1 aromatic carbocycles. The van der Waals surface area contributed by atoms with Gasteiger partial charge in [-0.15, -0.1) is 0 Å². The van der Waals surface area contributed by atoms with Crippen LogP contribution in [0.3, 0.4) is 0 Å². The number of rotatable bonds is 3. The van der Waals surface area contributed by atoms with Crippen molar-refractivity contribution < 1.29 is 17.9 Å². The number of hydrogen-bond acceptors (Lipinski definition) is 5. The smallest absolute Gasteiger partial charge is 0.262 e. The summed E-state index contributed by atoms with van der Waals surface area (Å²) in [6.45, 7) is 0.130. The van der Waals surface area contributed by atoms with Crippen molar-refractivity contribution >= 4 is 27.3 Å². The molecule has 3 rings (SSSR count). The average molecular weight is 313 g/mol. The topological polar surface area (TPSA) is 77.5 Å². The molecule has 1 aromatic heterocycles. The number of nitrogens with zero attached hydrogens (tertiary/aromatic N) is 1. The molecule has 0 spiro atoms. The van der Waals surface area contributed by atoms with Crippen LogP contribution in [0.5, 0.6) is 11.5 Å². The fourth-order valence-corrected chi connectivity index (χ4v) is 3.03. The third kappa shape index (κ3) is 2.50. The molecular weight excluding hydrogens is 304 g/mol. The Hall–Kier alpha value is -1.99. The molecule has 20 heavy (non-hydrogen) atoms. The molecule has 0 atom stereocenters. The van der Waals surface area contributed by atoms with Gasteiger partial charge in [0.1, 0.15) is 5.15 Å². The maximum absolute atomic E-state index is 12.2. The molecule has 0 saturated carbocycles. The fraction of sp³-hybridized carbons (Fsp3) is 0.0833. The Morgan fingerprint density at radius 1 is 1.15 bits per heavy atom. The second kappa shape index (κ2) is 4.84. The van der Waals surface area contributed by atoms with Crippen molar-refractivity contribution in [3.8, 4) is 11.5 Å². The van der Waals surface area contributed by atoms with Crippen LogP contribution in [-0.2, 0) is 10.0 Å². The van der Waals surface area contributed by atoms with E-state index in [1.165, 1.54) is 18.3 Å². The van der Waals surface area contributed by atoms with Gasteiger partial charge in [0.2, 0.25) is 6.79 Å². The first-order valence-corrected chi connectivity index (χ1v) is 7.45. The van der Waals surface area contributed by atoms with E-state index in [0.29, 0.717) is 17.2 Å². The zero-order chi connectivity index (χ0) is 14.2. The first kappa shape index (κ1) is 13.0. The molecule has 8 heteroatoms. The van der Waals surface area contributed by atoms with Crippen LogP contribution in [0.1, 0.15) is 0 Å². The highest BCUT2D eigenvalue weighted by molar-refractivity contribution is 7.92. The van der Waals surface area contributed by atoms with E-state index < -0.39 is 10.0 Å². The van der Waals surface area contributed by atoms with E-state index >= 15 is 0 Å². The molecule has 2 heterocycles. The standard InChI is InChI=1S/C12H9ClN2O4S/c13-12-6-9(3-4-14-12)20(16,17)15-8-1-2-10-11(5-8)19-7-18-10/h1-6,15H,7H2. The number of pyridine rings is 1. The highest BCUT2D eigenvalue weighted by Gasteiger charge is 2.18. The van der Waals surface area contributed by atoms with Crippen molar-refractivity contribution in [1.29, 1.82) is 0 Å². The third-order valence-electron chi connectivity index (χ3n) is 2.63. The highest BCUT2D eigenvalue weighted by atomic mass is 35.5. The van der Waals surface area contributed by atoms with Crippen molar-refractivity contribution in [2.45, 2.75) is 4.90 Å². The molecule has 1 aliphatic rings. The van der Waals surface area contributed by atoms with E-state index in [9.17, 15) is 8.42 Å². The summed E-state index contributed by atoms with van der Waals surface area (Å²) in [5.41, 5.74) is 0.377. The van der Waals surface area contributed by atoms with Gasteiger partial charge in [0.25, 0.3) is 10.0 Å². The van der Waals surface area contributed by atoms with Crippen LogP contribution in [-0.4, -0.2) is 20.2 Å². The van der Waals surface area contributed by atoms with Crippen LogP contribution in [0.15, 0.2) is 41.4 Å². The number of halogens is 1. The van der Waals surface area contributed by atoms with E-state index in [4.69, 9.17) is 21.1 Å². The summed E-state index contributed by atoms with van der Waals surface area (Å²) in [4.78, 5) is 3.78. The van der Waals surface area contributed by atoms with E-state index in [0.717, 1.165) is 0 Å². The predicted octanol–water partition coefficient (Wildman–Crippen LogP) is 2.26. The predicted molar refractivity (Wildman–Crippen MR) is 72.6 cm³/mol. The number of anilines is 1. The minimum absolute atomic E-state index is 0.0372. The molecule has 2 aromatic rings. The largest absolute Gasteiger partial charge is 0.454 e. The fourth-order valence-electron chi connectivity index (χ4n) is 1.73. The van der Waals surface area contributed by atoms with Crippen LogP contribution < -0.4 is 14.2 Å². The Bertz CT molecular complexity index is 764. The molecule has 0 unspecified atom stereocenters. The van der Waals surface area contributed by atoms with Crippen LogP contribution in [0.4, 0.5) is 5.69 Å². The SMILES string of the molecule is O=S(=O)(Nc1ccc2c(c1)OCO2)c1ccnc(Cl)c1. The first-order valence-electron chi connectivity index (χ1n) is 5.59. The summed E-state index contributed by atoms with van der Waals surface area (Å²) >= 11 is 5.69. The van der Waals surface area contributed by atoms with Crippen molar-refractivity contribution in [3.05, 3.63) is 41.7 Å². The van der Waals surface area contributed by atoms with Crippen LogP contribution in [0.25, 0.3) is 0 Å². The minimum atomic E-state index is -3.72. The number of fused-ring (bicyclic) bond motifs is 1. The molecular formula is C12H9ClN2O4S. The molecule has 0 saturated heterocycles.